The summed E-state index contributed by atoms with van der Waals surface area (Å²) in [6.45, 7) is 4.30. The number of methoxy groups -OCH3 is 1. The molecule has 3 atom stereocenters. The van der Waals surface area contributed by atoms with Crippen molar-refractivity contribution in [3.63, 3.8) is 0 Å². The lowest BCUT2D eigenvalue weighted by Gasteiger charge is -2.43. The number of carbonyl (C=O) groups excluding carboxylic acids is 1. The topological polar surface area (TPSA) is 38.3 Å². The average molecular weight is 296 g/mol. The van der Waals surface area contributed by atoms with E-state index < -0.39 is 5.54 Å². The Morgan fingerprint density at radius 3 is 2.55 bits per heavy atom. The van der Waals surface area contributed by atoms with Crippen molar-refractivity contribution in [1.82, 2.24) is 0 Å². The lowest BCUT2D eigenvalue weighted by molar-refractivity contribution is -0.150. The maximum Gasteiger partial charge on any atom is 0.331 e. The second-order valence-corrected chi connectivity index (χ2v) is 6.32. The van der Waals surface area contributed by atoms with E-state index in [2.05, 4.69) is 19.2 Å². The summed E-state index contributed by atoms with van der Waals surface area (Å²) in [6.07, 6.45) is 2.97. The highest BCUT2D eigenvalue weighted by Gasteiger charge is 2.47. The van der Waals surface area contributed by atoms with E-state index >= 15 is 0 Å². The maximum absolute atomic E-state index is 12.4. The standard InChI is InChI=1S/C16H22ClNO2/c1-11-4-5-12(2)16(10-11,15(19)20-3)18-14-8-6-13(17)7-9-14/h6-9,11-12,18H,4-5,10H2,1-3H3. The van der Waals surface area contributed by atoms with E-state index in [4.69, 9.17) is 16.3 Å². The number of hydrogen-bond donors (Lipinski definition) is 1. The number of halogens is 1. The molecule has 3 unspecified atom stereocenters. The molecule has 1 aromatic carbocycles. The Labute approximate surface area is 125 Å². The fourth-order valence-electron chi connectivity index (χ4n) is 3.12. The van der Waals surface area contributed by atoms with E-state index in [9.17, 15) is 4.79 Å². The molecule has 1 saturated carbocycles. The second kappa shape index (κ2) is 6.04. The first-order valence-corrected chi connectivity index (χ1v) is 7.48. The molecule has 0 aliphatic heterocycles. The van der Waals surface area contributed by atoms with Crippen LogP contribution in [0, 0.1) is 11.8 Å². The van der Waals surface area contributed by atoms with Crippen LogP contribution < -0.4 is 5.32 Å². The van der Waals surface area contributed by atoms with Crippen molar-refractivity contribution in [2.75, 3.05) is 12.4 Å². The minimum Gasteiger partial charge on any atom is -0.467 e. The predicted molar refractivity (Wildman–Crippen MR) is 82.0 cm³/mol. The molecule has 2 rings (SSSR count). The van der Waals surface area contributed by atoms with Gasteiger partial charge < -0.3 is 10.1 Å². The zero-order valence-electron chi connectivity index (χ0n) is 12.3. The molecule has 0 heterocycles. The van der Waals surface area contributed by atoms with Gasteiger partial charge in [-0.15, -0.1) is 0 Å². The Hall–Kier alpha value is -1.22. The molecule has 110 valence electrons. The molecule has 0 spiro atoms. The number of benzene rings is 1. The van der Waals surface area contributed by atoms with Gasteiger partial charge in [0.05, 0.1) is 7.11 Å². The smallest absolute Gasteiger partial charge is 0.331 e. The second-order valence-electron chi connectivity index (χ2n) is 5.88. The number of rotatable bonds is 3. The summed E-state index contributed by atoms with van der Waals surface area (Å²) in [4.78, 5) is 12.4. The molecule has 1 aliphatic carbocycles. The number of ether oxygens (including phenoxy) is 1. The summed E-state index contributed by atoms with van der Waals surface area (Å²) in [5.74, 6) is 0.568. The minimum absolute atomic E-state index is 0.175. The Bertz CT molecular complexity index is 474. The van der Waals surface area contributed by atoms with Crippen molar-refractivity contribution in [2.24, 2.45) is 11.8 Å². The summed E-state index contributed by atoms with van der Waals surface area (Å²) in [5.41, 5.74) is 0.265. The predicted octanol–water partition coefficient (Wildman–Crippen LogP) is 4.12. The molecular weight excluding hydrogens is 274 g/mol. The molecule has 0 bridgehead atoms. The molecule has 1 N–H and O–H groups in total. The van der Waals surface area contributed by atoms with Crippen LogP contribution in [-0.4, -0.2) is 18.6 Å². The summed E-state index contributed by atoms with van der Waals surface area (Å²) < 4.78 is 5.08. The van der Waals surface area contributed by atoms with Crippen molar-refractivity contribution >= 4 is 23.3 Å². The van der Waals surface area contributed by atoms with Crippen LogP contribution >= 0.6 is 11.6 Å². The first-order chi connectivity index (χ1) is 9.48. The summed E-state index contributed by atoms with van der Waals surface area (Å²) >= 11 is 5.91. The number of hydrogen-bond acceptors (Lipinski definition) is 3. The van der Waals surface area contributed by atoms with Crippen LogP contribution in [0.4, 0.5) is 5.69 Å². The highest BCUT2D eigenvalue weighted by atomic mass is 35.5. The van der Waals surface area contributed by atoms with E-state index in [1.54, 1.807) is 0 Å². The van der Waals surface area contributed by atoms with E-state index in [1.165, 1.54) is 7.11 Å². The molecule has 3 nitrogen and oxygen atoms in total. The molecule has 20 heavy (non-hydrogen) atoms. The number of esters is 1. The van der Waals surface area contributed by atoms with Gasteiger partial charge in [0.25, 0.3) is 0 Å². The zero-order valence-corrected chi connectivity index (χ0v) is 13.0. The molecule has 0 aromatic heterocycles. The molecule has 1 aliphatic rings. The van der Waals surface area contributed by atoms with Crippen LogP contribution in [0.15, 0.2) is 24.3 Å². The summed E-state index contributed by atoms with van der Waals surface area (Å²) in [6, 6.07) is 7.45. The lowest BCUT2D eigenvalue weighted by Crippen LogP contribution is -2.55. The number of anilines is 1. The van der Waals surface area contributed by atoms with Gasteiger partial charge in [0.2, 0.25) is 0 Å². The third kappa shape index (κ3) is 2.93. The quantitative estimate of drug-likeness (QED) is 0.853. The van der Waals surface area contributed by atoms with Crippen molar-refractivity contribution in [3.8, 4) is 0 Å². The fourth-order valence-corrected chi connectivity index (χ4v) is 3.24. The summed E-state index contributed by atoms with van der Waals surface area (Å²) in [5, 5.41) is 4.11. The average Bonchev–Trinajstić information content (AvgIpc) is 2.44. The van der Waals surface area contributed by atoms with Gasteiger partial charge >= 0.3 is 5.97 Å². The Morgan fingerprint density at radius 2 is 1.95 bits per heavy atom. The van der Waals surface area contributed by atoms with Crippen LogP contribution in [0.3, 0.4) is 0 Å². The normalized spacial score (nSPS) is 29.8. The molecule has 0 amide bonds. The van der Waals surface area contributed by atoms with Crippen LogP contribution in [0.1, 0.15) is 33.1 Å². The van der Waals surface area contributed by atoms with Gasteiger partial charge in [0, 0.05) is 10.7 Å². The SMILES string of the molecule is COC(=O)C1(Nc2ccc(Cl)cc2)CC(C)CCC1C. The summed E-state index contributed by atoms with van der Waals surface area (Å²) in [7, 11) is 1.46. The molecule has 0 saturated heterocycles. The van der Waals surface area contributed by atoms with Crippen LogP contribution in [-0.2, 0) is 9.53 Å². The Balaban J connectivity index is 2.31. The van der Waals surface area contributed by atoms with Crippen molar-refractivity contribution in [3.05, 3.63) is 29.3 Å². The maximum atomic E-state index is 12.4. The van der Waals surface area contributed by atoms with Gasteiger partial charge in [0.15, 0.2) is 0 Å². The third-order valence-corrected chi connectivity index (χ3v) is 4.62. The highest BCUT2D eigenvalue weighted by Crippen LogP contribution is 2.40. The van der Waals surface area contributed by atoms with E-state index in [-0.39, 0.29) is 11.9 Å². The van der Waals surface area contributed by atoms with Crippen LogP contribution in [0.2, 0.25) is 5.02 Å². The minimum atomic E-state index is -0.639. The molecule has 4 heteroatoms. The van der Waals surface area contributed by atoms with Crippen molar-refractivity contribution < 1.29 is 9.53 Å². The van der Waals surface area contributed by atoms with Gasteiger partial charge in [-0.25, -0.2) is 4.79 Å². The number of carbonyl (C=O) groups is 1. The van der Waals surface area contributed by atoms with E-state index in [0.29, 0.717) is 10.9 Å². The van der Waals surface area contributed by atoms with Crippen molar-refractivity contribution in [1.29, 1.82) is 0 Å². The van der Waals surface area contributed by atoms with Crippen LogP contribution in [0.25, 0.3) is 0 Å². The molecule has 1 fully saturated rings. The van der Waals surface area contributed by atoms with Gasteiger partial charge in [0.1, 0.15) is 5.54 Å². The van der Waals surface area contributed by atoms with Crippen LogP contribution in [0.5, 0.6) is 0 Å². The fraction of sp³-hybridized carbons (Fsp3) is 0.562. The van der Waals surface area contributed by atoms with Gasteiger partial charge in [-0.05, 0) is 48.9 Å². The Kier molecular flexibility index (Phi) is 4.59. The highest BCUT2D eigenvalue weighted by molar-refractivity contribution is 6.30. The molecular formula is C16H22ClNO2. The largest absolute Gasteiger partial charge is 0.467 e. The Morgan fingerprint density at radius 1 is 1.30 bits per heavy atom. The van der Waals surface area contributed by atoms with Gasteiger partial charge in [-0.1, -0.05) is 31.9 Å². The van der Waals surface area contributed by atoms with Gasteiger partial charge in [-0.3, -0.25) is 0 Å². The monoisotopic (exact) mass is 295 g/mol. The first kappa shape index (κ1) is 15.2. The number of nitrogens with one attached hydrogen (secondary N) is 1. The van der Waals surface area contributed by atoms with Crippen molar-refractivity contribution in [2.45, 2.75) is 38.6 Å². The lowest BCUT2D eigenvalue weighted by atomic mass is 9.69. The first-order valence-electron chi connectivity index (χ1n) is 7.10. The zero-order chi connectivity index (χ0) is 14.8. The van der Waals surface area contributed by atoms with E-state index in [0.717, 1.165) is 24.9 Å². The molecule has 1 aromatic rings. The third-order valence-electron chi connectivity index (χ3n) is 4.37. The molecule has 0 radical (unpaired) electrons. The van der Waals surface area contributed by atoms with Gasteiger partial charge in [-0.2, -0.15) is 0 Å². The van der Waals surface area contributed by atoms with E-state index in [1.807, 2.05) is 24.3 Å².